The van der Waals surface area contributed by atoms with Gasteiger partial charge in [-0.05, 0) is 72.9 Å². The fourth-order valence-electron chi connectivity index (χ4n) is 4.58. The van der Waals surface area contributed by atoms with E-state index in [1.807, 2.05) is 6.08 Å². The lowest BCUT2D eigenvalue weighted by molar-refractivity contribution is 0.400. The van der Waals surface area contributed by atoms with Crippen LogP contribution in [0.15, 0.2) is 67.3 Å². The Kier molecular flexibility index (Phi) is 8.61. The number of hydrogen-bond acceptors (Lipinski definition) is 2. The Hall–Kier alpha value is -2.74. The van der Waals surface area contributed by atoms with Crippen LogP contribution in [-0.4, -0.2) is 20.6 Å². The molecule has 0 N–H and O–H groups in total. The third kappa shape index (κ3) is 5.61. The van der Waals surface area contributed by atoms with Crippen molar-refractivity contribution in [3.05, 3.63) is 84.0 Å². The molecule has 0 aliphatic heterocycles. The van der Waals surface area contributed by atoms with Gasteiger partial charge in [-0.25, -0.2) is 0 Å². The Balaban J connectivity index is 2.05. The highest BCUT2D eigenvalue weighted by Gasteiger charge is 2.25. The summed E-state index contributed by atoms with van der Waals surface area (Å²) in [6, 6.07) is 16.0. The molecule has 33 heavy (non-hydrogen) atoms. The molecule has 1 fully saturated rings. The Morgan fingerprint density at radius 1 is 1.06 bits per heavy atom. The number of rotatable bonds is 10. The molecular formula is C31H42N2. The maximum absolute atomic E-state index is 4.02. The van der Waals surface area contributed by atoms with Gasteiger partial charge in [0.15, 0.2) is 0 Å². The van der Waals surface area contributed by atoms with Gasteiger partial charge in [-0.3, -0.25) is 0 Å². The zero-order chi connectivity index (χ0) is 24.0. The summed E-state index contributed by atoms with van der Waals surface area (Å²) in [7, 11) is 4.38. The van der Waals surface area contributed by atoms with Crippen LogP contribution in [-0.2, 0) is 0 Å². The van der Waals surface area contributed by atoms with Gasteiger partial charge in [-0.1, -0.05) is 76.3 Å². The second-order valence-electron chi connectivity index (χ2n) is 9.53. The molecule has 0 bridgehead atoms. The minimum Gasteiger partial charge on any atom is -0.374 e. The zero-order valence-corrected chi connectivity index (χ0v) is 21.6. The van der Waals surface area contributed by atoms with Crippen LogP contribution in [0.25, 0.3) is 11.3 Å². The van der Waals surface area contributed by atoms with Crippen LogP contribution in [0.4, 0.5) is 11.4 Å². The summed E-state index contributed by atoms with van der Waals surface area (Å²) in [6.07, 6.45) is 11.4. The van der Waals surface area contributed by atoms with Crippen molar-refractivity contribution in [2.24, 2.45) is 5.92 Å². The first kappa shape index (κ1) is 24.9. The SMILES string of the molecule is C=C/C=C(\c1cc(N(C)/C(=C/CC)c2ccc(C(C)C)cc2)ccc1N(C)CC)C1CCC1. The molecule has 2 nitrogen and oxygen atoms in total. The normalized spacial score (nSPS) is 14.9. The molecule has 2 heteroatoms. The molecule has 1 saturated carbocycles. The van der Waals surface area contributed by atoms with Crippen LogP contribution in [0.1, 0.15) is 76.0 Å². The summed E-state index contributed by atoms with van der Waals surface area (Å²) >= 11 is 0. The number of hydrogen-bond donors (Lipinski definition) is 0. The van der Waals surface area contributed by atoms with E-state index < -0.39 is 0 Å². The van der Waals surface area contributed by atoms with E-state index >= 15 is 0 Å². The van der Waals surface area contributed by atoms with Crippen molar-refractivity contribution in [3.63, 3.8) is 0 Å². The zero-order valence-electron chi connectivity index (χ0n) is 21.6. The summed E-state index contributed by atoms with van der Waals surface area (Å²) in [4.78, 5) is 4.70. The Morgan fingerprint density at radius 2 is 1.76 bits per heavy atom. The fraction of sp³-hybridized carbons (Fsp3) is 0.419. The van der Waals surface area contributed by atoms with Gasteiger partial charge in [-0.15, -0.1) is 0 Å². The van der Waals surface area contributed by atoms with Crippen LogP contribution in [0.3, 0.4) is 0 Å². The summed E-state index contributed by atoms with van der Waals surface area (Å²) in [6.45, 7) is 13.9. The van der Waals surface area contributed by atoms with Crippen LogP contribution in [0.5, 0.6) is 0 Å². The van der Waals surface area contributed by atoms with Gasteiger partial charge in [0.25, 0.3) is 0 Å². The van der Waals surface area contributed by atoms with E-state index in [0.29, 0.717) is 11.8 Å². The second-order valence-corrected chi connectivity index (χ2v) is 9.53. The van der Waals surface area contributed by atoms with Gasteiger partial charge in [0.05, 0.1) is 0 Å². The summed E-state index contributed by atoms with van der Waals surface area (Å²) < 4.78 is 0. The molecular weight excluding hydrogens is 400 g/mol. The minimum atomic E-state index is 0.544. The van der Waals surface area contributed by atoms with Crippen molar-refractivity contribution < 1.29 is 0 Å². The lowest BCUT2D eigenvalue weighted by Gasteiger charge is -2.33. The molecule has 3 rings (SSSR count). The molecule has 0 radical (unpaired) electrons. The van der Waals surface area contributed by atoms with Crippen LogP contribution in [0.2, 0.25) is 0 Å². The average molecular weight is 443 g/mol. The monoisotopic (exact) mass is 442 g/mol. The van der Waals surface area contributed by atoms with Gasteiger partial charge < -0.3 is 9.80 Å². The summed E-state index contributed by atoms with van der Waals surface area (Å²) in [5.74, 6) is 1.18. The first-order valence-corrected chi connectivity index (χ1v) is 12.6. The molecule has 0 atom stereocenters. The summed E-state index contributed by atoms with van der Waals surface area (Å²) in [5, 5.41) is 0. The predicted octanol–water partition coefficient (Wildman–Crippen LogP) is 8.52. The summed E-state index contributed by atoms with van der Waals surface area (Å²) in [5.41, 5.74) is 9.21. The molecule has 1 aliphatic rings. The lowest BCUT2D eigenvalue weighted by Crippen LogP contribution is -2.21. The molecule has 2 aromatic carbocycles. The lowest BCUT2D eigenvalue weighted by atomic mass is 9.76. The molecule has 2 aromatic rings. The number of benzene rings is 2. The van der Waals surface area contributed by atoms with Crippen molar-refractivity contribution in [3.8, 4) is 0 Å². The fourth-order valence-corrected chi connectivity index (χ4v) is 4.58. The van der Waals surface area contributed by atoms with Gasteiger partial charge in [-0.2, -0.15) is 0 Å². The van der Waals surface area contributed by atoms with Crippen molar-refractivity contribution in [1.82, 2.24) is 0 Å². The van der Waals surface area contributed by atoms with E-state index in [4.69, 9.17) is 0 Å². The van der Waals surface area contributed by atoms with Gasteiger partial charge >= 0.3 is 0 Å². The standard InChI is InChI=1S/C31H42N2/c1-8-12-28(25-14-11-15-25)29-22-27(20-21-31(29)32(6)10-3)33(7)30(13-9-2)26-18-16-24(17-19-26)23(4)5/h8,12-13,16-23,25H,1,9-11,14-15H2,2-7H3/b28-12-,30-13+. The highest BCUT2D eigenvalue weighted by atomic mass is 15.1. The predicted molar refractivity (Wildman–Crippen MR) is 148 cm³/mol. The molecule has 0 amide bonds. The first-order valence-electron chi connectivity index (χ1n) is 12.6. The Morgan fingerprint density at radius 3 is 2.27 bits per heavy atom. The van der Waals surface area contributed by atoms with Crippen molar-refractivity contribution >= 4 is 22.6 Å². The largest absolute Gasteiger partial charge is 0.374 e. The quantitative estimate of drug-likeness (QED) is 0.340. The molecule has 176 valence electrons. The maximum atomic E-state index is 4.02. The third-order valence-electron chi connectivity index (χ3n) is 7.04. The Labute approximate surface area is 202 Å². The molecule has 0 unspecified atom stereocenters. The molecule has 0 heterocycles. The van der Waals surface area contributed by atoms with E-state index in [1.54, 1.807) is 0 Å². The molecule has 0 spiro atoms. The van der Waals surface area contributed by atoms with Crippen LogP contribution >= 0.6 is 0 Å². The maximum Gasteiger partial charge on any atom is 0.0441 e. The third-order valence-corrected chi connectivity index (χ3v) is 7.04. The molecule has 0 aromatic heterocycles. The van der Waals surface area contributed by atoms with E-state index in [-0.39, 0.29) is 0 Å². The topological polar surface area (TPSA) is 6.48 Å². The molecule has 0 saturated heterocycles. The van der Waals surface area contributed by atoms with Gasteiger partial charge in [0.2, 0.25) is 0 Å². The number of nitrogens with zero attached hydrogens (tertiary/aromatic N) is 2. The number of allylic oxidation sites excluding steroid dienone is 4. The van der Waals surface area contributed by atoms with Crippen molar-refractivity contribution in [1.29, 1.82) is 0 Å². The second kappa shape index (κ2) is 11.4. The molecule has 1 aliphatic carbocycles. The average Bonchev–Trinajstić information content (AvgIpc) is 2.80. The van der Waals surface area contributed by atoms with Crippen molar-refractivity contribution in [2.75, 3.05) is 30.4 Å². The van der Waals surface area contributed by atoms with E-state index in [1.165, 1.54) is 58.6 Å². The van der Waals surface area contributed by atoms with E-state index in [2.05, 4.69) is 113 Å². The highest BCUT2D eigenvalue weighted by Crippen LogP contribution is 2.43. The smallest absolute Gasteiger partial charge is 0.0441 e. The van der Waals surface area contributed by atoms with Crippen molar-refractivity contribution in [2.45, 2.75) is 59.3 Å². The van der Waals surface area contributed by atoms with Gasteiger partial charge in [0.1, 0.15) is 0 Å². The van der Waals surface area contributed by atoms with E-state index in [9.17, 15) is 0 Å². The minimum absolute atomic E-state index is 0.544. The highest BCUT2D eigenvalue weighted by molar-refractivity contribution is 5.85. The Bertz CT molecular complexity index is 990. The first-order chi connectivity index (χ1) is 15.9. The van der Waals surface area contributed by atoms with E-state index in [0.717, 1.165) is 13.0 Å². The van der Waals surface area contributed by atoms with Crippen LogP contribution in [0, 0.1) is 5.92 Å². The van der Waals surface area contributed by atoms with Crippen LogP contribution < -0.4 is 9.80 Å². The van der Waals surface area contributed by atoms with Gasteiger partial charge in [0, 0.05) is 43.3 Å². The number of anilines is 2.